The molecule has 8 aromatic rings. The summed E-state index contributed by atoms with van der Waals surface area (Å²) in [7, 11) is -0.773. The van der Waals surface area contributed by atoms with Crippen molar-refractivity contribution in [1.29, 1.82) is 0 Å². The molecule has 0 saturated heterocycles. The zero-order valence-electron chi connectivity index (χ0n) is 21.2. The summed E-state index contributed by atoms with van der Waals surface area (Å²) >= 11 is 0. The molecule has 39 heavy (non-hydrogen) atoms. The summed E-state index contributed by atoms with van der Waals surface area (Å²) < 4.78 is 9.03. The Labute approximate surface area is 227 Å². The number of para-hydroxylation sites is 3. The maximum absolute atomic E-state index is 6.66. The molecule has 0 aliphatic rings. The molecule has 0 spiro atoms. The third-order valence-electron chi connectivity index (χ3n) is 7.57. The Hall–Kier alpha value is -4.65. The normalized spacial score (nSPS) is 11.8. The van der Waals surface area contributed by atoms with Gasteiger partial charge in [0.15, 0.2) is 0 Å². The molecule has 2 heterocycles. The molecule has 0 atom stereocenters. The molecule has 2 aromatic heterocycles. The molecule has 0 N–H and O–H groups in total. The number of rotatable bonds is 4. The van der Waals surface area contributed by atoms with Gasteiger partial charge in [0.25, 0.3) is 0 Å². The summed E-state index contributed by atoms with van der Waals surface area (Å²) in [5.74, 6) is 0. The first-order chi connectivity index (χ1) is 19.4. The number of hydrogen-bond donors (Lipinski definition) is 0. The molecule has 8 rings (SSSR count). The maximum Gasteiger partial charge on any atom is 0.143 e. The summed E-state index contributed by atoms with van der Waals surface area (Å²) in [6.45, 7) is 0. The van der Waals surface area contributed by atoms with Gasteiger partial charge in [0.1, 0.15) is 11.2 Å². The zero-order valence-corrected chi connectivity index (χ0v) is 22.1. The van der Waals surface area contributed by atoms with Crippen molar-refractivity contribution in [3.63, 3.8) is 0 Å². The van der Waals surface area contributed by atoms with Gasteiger partial charge in [-0.15, -0.1) is 0 Å². The molecule has 0 aliphatic heterocycles. The van der Waals surface area contributed by atoms with Gasteiger partial charge in [0.2, 0.25) is 0 Å². The van der Waals surface area contributed by atoms with Crippen LogP contribution in [-0.4, -0.2) is 4.57 Å². The monoisotopic (exact) mass is 517 g/mol. The van der Waals surface area contributed by atoms with Gasteiger partial charge in [-0.1, -0.05) is 115 Å². The van der Waals surface area contributed by atoms with Gasteiger partial charge in [0, 0.05) is 32.5 Å². The van der Waals surface area contributed by atoms with E-state index < -0.39 is 7.92 Å². The van der Waals surface area contributed by atoms with Crippen LogP contribution in [0.1, 0.15) is 0 Å². The molecular formula is C36H24NOP. The minimum atomic E-state index is -0.773. The van der Waals surface area contributed by atoms with E-state index in [9.17, 15) is 0 Å². The van der Waals surface area contributed by atoms with Crippen molar-refractivity contribution in [2.45, 2.75) is 0 Å². The molecule has 184 valence electrons. The lowest BCUT2D eigenvalue weighted by Crippen LogP contribution is -2.20. The Balaban J connectivity index is 1.38. The van der Waals surface area contributed by atoms with E-state index >= 15 is 0 Å². The first-order valence-electron chi connectivity index (χ1n) is 13.2. The maximum atomic E-state index is 6.66. The minimum absolute atomic E-state index is 0.773. The highest BCUT2D eigenvalue weighted by Crippen LogP contribution is 2.40. The SMILES string of the molecule is c1ccc(P(c2ccccc2)c2cccc3c2oc2ccc(-n4c5ccccc5c5ccccc54)cc23)cc1. The van der Waals surface area contributed by atoms with Gasteiger partial charge in [-0.2, -0.15) is 0 Å². The van der Waals surface area contributed by atoms with E-state index in [1.54, 1.807) is 0 Å². The van der Waals surface area contributed by atoms with Crippen LogP contribution in [0.2, 0.25) is 0 Å². The van der Waals surface area contributed by atoms with Crippen LogP contribution in [0.25, 0.3) is 49.4 Å². The van der Waals surface area contributed by atoms with Crippen molar-refractivity contribution in [2.24, 2.45) is 0 Å². The van der Waals surface area contributed by atoms with Crippen LogP contribution in [0.5, 0.6) is 0 Å². The molecule has 0 aliphatic carbocycles. The lowest BCUT2D eigenvalue weighted by Gasteiger charge is -2.19. The Bertz CT molecular complexity index is 2030. The van der Waals surface area contributed by atoms with Crippen molar-refractivity contribution >= 4 is 67.6 Å². The first kappa shape index (κ1) is 22.3. The fourth-order valence-corrected chi connectivity index (χ4v) is 8.27. The molecule has 0 saturated carbocycles. The quantitative estimate of drug-likeness (QED) is 0.214. The Morgan fingerprint density at radius 1 is 0.462 bits per heavy atom. The van der Waals surface area contributed by atoms with Crippen LogP contribution < -0.4 is 15.9 Å². The fourth-order valence-electron chi connectivity index (χ4n) is 5.87. The molecule has 3 heteroatoms. The fraction of sp³-hybridized carbons (Fsp3) is 0. The van der Waals surface area contributed by atoms with Crippen LogP contribution >= 0.6 is 7.92 Å². The van der Waals surface area contributed by atoms with Crippen molar-refractivity contribution in [2.75, 3.05) is 0 Å². The Morgan fingerprint density at radius 3 is 1.67 bits per heavy atom. The van der Waals surface area contributed by atoms with E-state index in [-0.39, 0.29) is 0 Å². The minimum Gasteiger partial charge on any atom is -0.455 e. The molecule has 0 radical (unpaired) electrons. The molecular weight excluding hydrogens is 493 g/mol. The molecule has 0 fully saturated rings. The van der Waals surface area contributed by atoms with Crippen LogP contribution in [0.4, 0.5) is 0 Å². The van der Waals surface area contributed by atoms with E-state index in [4.69, 9.17) is 4.42 Å². The van der Waals surface area contributed by atoms with Crippen molar-refractivity contribution in [3.8, 4) is 5.69 Å². The highest BCUT2D eigenvalue weighted by molar-refractivity contribution is 7.80. The van der Waals surface area contributed by atoms with Gasteiger partial charge in [-0.25, -0.2) is 0 Å². The van der Waals surface area contributed by atoms with Crippen molar-refractivity contribution < 1.29 is 4.42 Å². The van der Waals surface area contributed by atoms with Crippen LogP contribution in [0.3, 0.4) is 0 Å². The standard InChI is InChI=1S/C36H24NOP/c1-3-12-26(13-4-1)39(27-14-5-2-6-15-27)35-21-11-18-30-31-24-25(22-23-34(31)38-36(30)35)37-32-19-9-7-16-28(32)29-17-8-10-20-33(29)37/h1-24H. The second kappa shape index (κ2) is 8.98. The average molecular weight is 518 g/mol. The highest BCUT2D eigenvalue weighted by atomic mass is 31.1. The second-order valence-electron chi connectivity index (χ2n) is 9.81. The summed E-state index contributed by atoms with van der Waals surface area (Å²) in [6, 6.07) is 52.1. The van der Waals surface area contributed by atoms with Crippen LogP contribution in [0, 0.1) is 0 Å². The third kappa shape index (κ3) is 3.53. The van der Waals surface area contributed by atoms with E-state index in [0.29, 0.717) is 0 Å². The molecule has 2 nitrogen and oxygen atoms in total. The van der Waals surface area contributed by atoms with E-state index in [1.807, 2.05) is 0 Å². The molecule has 0 bridgehead atoms. The number of nitrogens with zero attached hydrogens (tertiary/aromatic N) is 1. The number of fused-ring (bicyclic) bond motifs is 6. The van der Waals surface area contributed by atoms with Gasteiger partial charge in [-0.05, 0) is 48.9 Å². The second-order valence-corrected chi connectivity index (χ2v) is 12.0. The van der Waals surface area contributed by atoms with E-state index in [2.05, 4.69) is 150 Å². The van der Waals surface area contributed by atoms with Crippen molar-refractivity contribution in [1.82, 2.24) is 4.57 Å². The average Bonchev–Trinajstić information content (AvgIpc) is 3.54. The number of benzene rings is 6. The molecule has 0 amide bonds. The predicted molar refractivity (Wildman–Crippen MR) is 167 cm³/mol. The van der Waals surface area contributed by atoms with E-state index in [0.717, 1.165) is 27.6 Å². The smallest absolute Gasteiger partial charge is 0.143 e. The van der Waals surface area contributed by atoms with E-state index in [1.165, 1.54) is 37.7 Å². The van der Waals surface area contributed by atoms with Crippen LogP contribution in [0.15, 0.2) is 150 Å². The Kier molecular flexibility index (Phi) is 5.14. The third-order valence-corrected chi connectivity index (χ3v) is 10.0. The number of furan rings is 1. The van der Waals surface area contributed by atoms with Gasteiger partial charge < -0.3 is 8.98 Å². The molecule has 0 unspecified atom stereocenters. The lowest BCUT2D eigenvalue weighted by atomic mass is 10.1. The summed E-state index contributed by atoms with van der Waals surface area (Å²) in [5, 5.41) is 8.71. The van der Waals surface area contributed by atoms with Gasteiger partial charge in [-0.3, -0.25) is 0 Å². The summed E-state index contributed by atoms with van der Waals surface area (Å²) in [5.41, 5.74) is 5.46. The largest absolute Gasteiger partial charge is 0.455 e. The summed E-state index contributed by atoms with van der Waals surface area (Å²) in [6.07, 6.45) is 0. The number of aromatic nitrogens is 1. The Morgan fingerprint density at radius 2 is 1.03 bits per heavy atom. The summed E-state index contributed by atoms with van der Waals surface area (Å²) in [4.78, 5) is 0. The topological polar surface area (TPSA) is 18.1 Å². The predicted octanol–water partition coefficient (Wildman–Crippen LogP) is 8.44. The zero-order chi connectivity index (χ0) is 25.8. The van der Waals surface area contributed by atoms with Gasteiger partial charge >= 0.3 is 0 Å². The van der Waals surface area contributed by atoms with Crippen LogP contribution in [-0.2, 0) is 0 Å². The highest BCUT2D eigenvalue weighted by Gasteiger charge is 2.22. The van der Waals surface area contributed by atoms with Gasteiger partial charge in [0.05, 0.1) is 11.0 Å². The number of hydrogen-bond acceptors (Lipinski definition) is 1. The van der Waals surface area contributed by atoms with Crippen molar-refractivity contribution in [3.05, 3.63) is 146 Å². The lowest BCUT2D eigenvalue weighted by molar-refractivity contribution is 0.671. The first-order valence-corrected chi connectivity index (χ1v) is 14.5. The molecule has 6 aromatic carbocycles.